The smallest absolute Gasteiger partial charge is 0.0453 e. The molecule has 1 heterocycles. The molecule has 1 fully saturated rings. The van der Waals surface area contributed by atoms with E-state index in [1.54, 1.807) is 0 Å². The number of halogens is 1. The number of likely N-dealkylation sites (tertiary alicyclic amines) is 1. The first-order chi connectivity index (χ1) is 8.63. The number of hydrogen-bond acceptors (Lipinski definition) is 2. The standard InChI is InChI=1S/C15H23ClN2/c1-3-12-10-18(9-8-15(12)17)11(2)13-6-4-5-7-14(13)16/h4-7,11-12,15H,3,8-10,17H2,1-2H3. The fourth-order valence-electron chi connectivity index (χ4n) is 2.87. The predicted octanol–water partition coefficient (Wildman–Crippen LogP) is 3.46. The Morgan fingerprint density at radius 3 is 2.83 bits per heavy atom. The maximum absolute atomic E-state index is 6.29. The Morgan fingerprint density at radius 1 is 1.44 bits per heavy atom. The van der Waals surface area contributed by atoms with Gasteiger partial charge in [0, 0.05) is 30.2 Å². The third-order valence-electron chi connectivity index (χ3n) is 4.25. The van der Waals surface area contributed by atoms with Gasteiger partial charge >= 0.3 is 0 Å². The summed E-state index contributed by atoms with van der Waals surface area (Å²) in [5.74, 6) is 0.615. The van der Waals surface area contributed by atoms with Gasteiger partial charge in [-0.05, 0) is 30.9 Å². The van der Waals surface area contributed by atoms with E-state index < -0.39 is 0 Å². The summed E-state index contributed by atoms with van der Waals surface area (Å²) in [5, 5.41) is 0.868. The van der Waals surface area contributed by atoms with Gasteiger partial charge in [-0.3, -0.25) is 4.90 Å². The average Bonchev–Trinajstić information content (AvgIpc) is 2.39. The fraction of sp³-hybridized carbons (Fsp3) is 0.600. The minimum atomic E-state index is 0.365. The Balaban J connectivity index is 2.10. The molecular formula is C15H23ClN2. The summed E-state index contributed by atoms with van der Waals surface area (Å²) in [6.07, 6.45) is 2.25. The van der Waals surface area contributed by atoms with Crippen molar-refractivity contribution in [1.82, 2.24) is 4.90 Å². The summed E-state index contributed by atoms with van der Waals surface area (Å²) in [6, 6.07) is 8.89. The molecule has 0 radical (unpaired) electrons. The van der Waals surface area contributed by atoms with Crippen LogP contribution in [0.3, 0.4) is 0 Å². The van der Waals surface area contributed by atoms with Crippen LogP contribution in [0.4, 0.5) is 0 Å². The van der Waals surface area contributed by atoms with E-state index in [1.165, 1.54) is 5.56 Å². The van der Waals surface area contributed by atoms with E-state index >= 15 is 0 Å². The Morgan fingerprint density at radius 2 is 2.17 bits per heavy atom. The highest BCUT2D eigenvalue weighted by molar-refractivity contribution is 6.31. The van der Waals surface area contributed by atoms with Crippen LogP contribution in [-0.2, 0) is 0 Å². The van der Waals surface area contributed by atoms with Gasteiger partial charge in [0.25, 0.3) is 0 Å². The van der Waals surface area contributed by atoms with Crippen LogP contribution in [0.5, 0.6) is 0 Å². The summed E-state index contributed by atoms with van der Waals surface area (Å²) in [6.45, 7) is 6.63. The molecule has 3 heteroatoms. The van der Waals surface area contributed by atoms with E-state index in [9.17, 15) is 0 Å². The zero-order valence-corrected chi connectivity index (χ0v) is 12.0. The zero-order chi connectivity index (χ0) is 13.1. The lowest BCUT2D eigenvalue weighted by Gasteiger charge is -2.40. The Bertz CT molecular complexity index is 394. The minimum Gasteiger partial charge on any atom is -0.327 e. The highest BCUT2D eigenvalue weighted by atomic mass is 35.5. The summed E-state index contributed by atoms with van der Waals surface area (Å²) >= 11 is 6.29. The Kier molecular flexibility index (Phi) is 4.66. The maximum Gasteiger partial charge on any atom is 0.0453 e. The van der Waals surface area contributed by atoms with Crippen LogP contribution in [-0.4, -0.2) is 24.0 Å². The molecule has 1 aliphatic heterocycles. The molecule has 2 rings (SSSR count). The molecule has 3 unspecified atom stereocenters. The van der Waals surface area contributed by atoms with E-state index in [4.69, 9.17) is 17.3 Å². The predicted molar refractivity (Wildman–Crippen MR) is 77.8 cm³/mol. The summed E-state index contributed by atoms with van der Waals surface area (Å²) in [7, 11) is 0. The van der Waals surface area contributed by atoms with Crippen LogP contribution < -0.4 is 5.73 Å². The SMILES string of the molecule is CCC1CN(C(C)c2ccccc2Cl)CCC1N. The number of piperidine rings is 1. The minimum absolute atomic E-state index is 0.365. The zero-order valence-electron chi connectivity index (χ0n) is 11.3. The third kappa shape index (κ3) is 2.87. The van der Waals surface area contributed by atoms with Crippen LogP contribution >= 0.6 is 11.6 Å². The molecule has 18 heavy (non-hydrogen) atoms. The molecule has 1 aliphatic rings. The van der Waals surface area contributed by atoms with Gasteiger partial charge in [-0.1, -0.05) is 43.1 Å². The molecule has 3 atom stereocenters. The first-order valence-electron chi connectivity index (χ1n) is 6.87. The van der Waals surface area contributed by atoms with Crippen molar-refractivity contribution in [3.05, 3.63) is 34.9 Å². The van der Waals surface area contributed by atoms with E-state index in [0.29, 0.717) is 18.0 Å². The second-order valence-electron chi connectivity index (χ2n) is 5.31. The van der Waals surface area contributed by atoms with Gasteiger partial charge in [0.05, 0.1) is 0 Å². The maximum atomic E-state index is 6.29. The van der Waals surface area contributed by atoms with Crippen molar-refractivity contribution >= 4 is 11.6 Å². The third-order valence-corrected chi connectivity index (χ3v) is 4.60. The first-order valence-corrected chi connectivity index (χ1v) is 7.25. The summed E-state index contributed by atoms with van der Waals surface area (Å²) in [4.78, 5) is 2.51. The van der Waals surface area contributed by atoms with E-state index in [2.05, 4.69) is 30.9 Å². The summed E-state index contributed by atoms with van der Waals surface area (Å²) in [5.41, 5.74) is 7.39. The molecule has 2 nitrogen and oxygen atoms in total. The Hall–Kier alpha value is -0.570. The number of nitrogens with two attached hydrogens (primary N) is 1. The quantitative estimate of drug-likeness (QED) is 0.908. The van der Waals surface area contributed by atoms with Crippen molar-refractivity contribution in [2.45, 2.75) is 38.8 Å². The van der Waals surface area contributed by atoms with Gasteiger partial charge in [-0.15, -0.1) is 0 Å². The lowest BCUT2D eigenvalue weighted by Crippen LogP contribution is -2.47. The average molecular weight is 267 g/mol. The van der Waals surface area contributed by atoms with E-state index in [1.807, 2.05) is 12.1 Å². The highest BCUT2D eigenvalue weighted by Gasteiger charge is 2.28. The van der Waals surface area contributed by atoms with E-state index in [0.717, 1.165) is 31.0 Å². The van der Waals surface area contributed by atoms with Crippen molar-refractivity contribution in [2.24, 2.45) is 11.7 Å². The lowest BCUT2D eigenvalue weighted by molar-refractivity contribution is 0.114. The van der Waals surface area contributed by atoms with Gasteiger partial charge in [0.15, 0.2) is 0 Å². The molecule has 1 saturated heterocycles. The monoisotopic (exact) mass is 266 g/mol. The lowest BCUT2D eigenvalue weighted by atomic mass is 9.89. The molecule has 0 aliphatic carbocycles. The van der Waals surface area contributed by atoms with Gasteiger partial charge in [0.2, 0.25) is 0 Å². The molecule has 1 aromatic carbocycles. The topological polar surface area (TPSA) is 29.3 Å². The van der Waals surface area contributed by atoms with Gasteiger partial charge < -0.3 is 5.73 Å². The second-order valence-corrected chi connectivity index (χ2v) is 5.72. The van der Waals surface area contributed by atoms with Crippen molar-refractivity contribution in [2.75, 3.05) is 13.1 Å². The van der Waals surface area contributed by atoms with Crippen LogP contribution in [0.2, 0.25) is 5.02 Å². The molecule has 1 aromatic rings. The normalized spacial score (nSPS) is 27.1. The highest BCUT2D eigenvalue weighted by Crippen LogP contribution is 2.31. The first kappa shape index (κ1) is 13.9. The van der Waals surface area contributed by atoms with Gasteiger partial charge in [-0.25, -0.2) is 0 Å². The molecular weight excluding hydrogens is 244 g/mol. The largest absolute Gasteiger partial charge is 0.327 e. The van der Waals surface area contributed by atoms with Crippen LogP contribution in [0.15, 0.2) is 24.3 Å². The van der Waals surface area contributed by atoms with Gasteiger partial charge in [0.1, 0.15) is 0 Å². The number of hydrogen-bond donors (Lipinski definition) is 1. The molecule has 0 bridgehead atoms. The fourth-order valence-corrected chi connectivity index (χ4v) is 3.17. The van der Waals surface area contributed by atoms with Crippen LogP contribution in [0, 0.1) is 5.92 Å². The van der Waals surface area contributed by atoms with Crippen LogP contribution in [0.1, 0.15) is 38.3 Å². The number of rotatable bonds is 3. The van der Waals surface area contributed by atoms with Crippen molar-refractivity contribution in [1.29, 1.82) is 0 Å². The Labute approximate surface area is 115 Å². The molecule has 0 aromatic heterocycles. The molecule has 0 saturated carbocycles. The van der Waals surface area contributed by atoms with Crippen LogP contribution in [0.25, 0.3) is 0 Å². The molecule has 0 spiro atoms. The number of nitrogens with zero attached hydrogens (tertiary/aromatic N) is 1. The van der Waals surface area contributed by atoms with Crippen molar-refractivity contribution in [3.8, 4) is 0 Å². The molecule has 0 amide bonds. The summed E-state index contributed by atoms with van der Waals surface area (Å²) < 4.78 is 0. The van der Waals surface area contributed by atoms with E-state index in [-0.39, 0.29) is 0 Å². The molecule has 2 N–H and O–H groups in total. The second kappa shape index (κ2) is 6.05. The van der Waals surface area contributed by atoms with Gasteiger partial charge in [-0.2, -0.15) is 0 Å². The van der Waals surface area contributed by atoms with Crippen molar-refractivity contribution in [3.63, 3.8) is 0 Å². The van der Waals surface area contributed by atoms with Crippen molar-refractivity contribution < 1.29 is 0 Å². The number of benzene rings is 1. The molecule has 100 valence electrons.